The van der Waals surface area contributed by atoms with Crippen LogP contribution >= 0.6 is 11.6 Å². The molecule has 0 radical (unpaired) electrons. The highest BCUT2D eigenvalue weighted by atomic mass is 35.5. The van der Waals surface area contributed by atoms with Gasteiger partial charge in [0, 0.05) is 25.1 Å². The first-order valence-electron chi connectivity index (χ1n) is 7.40. The fourth-order valence-electron chi connectivity index (χ4n) is 2.74. The third kappa shape index (κ3) is 3.42. The fourth-order valence-corrected chi connectivity index (χ4v) is 3.01. The maximum absolute atomic E-state index is 12.2. The molecule has 1 fully saturated rings. The van der Waals surface area contributed by atoms with Crippen LogP contribution in [0, 0.1) is 5.92 Å². The number of amides is 2. The first-order valence-corrected chi connectivity index (χ1v) is 7.78. The lowest BCUT2D eigenvalue weighted by molar-refractivity contribution is -0.130. The number of rotatable bonds is 3. The van der Waals surface area contributed by atoms with Gasteiger partial charge in [-0.05, 0) is 36.6 Å². The van der Waals surface area contributed by atoms with E-state index in [1.807, 2.05) is 0 Å². The van der Waals surface area contributed by atoms with Crippen molar-refractivity contribution in [3.05, 3.63) is 28.8 Å². The summed E-state index contributed by atoms with van der Waals surface area (Å²) >= 11 is 6.11. The predicted octanol–water partition coefficient (Wildman–Crippen LogP) is 1.81. The molecule has 23 heavy (non-hydrogen) atoms. The molecule has 1 aromatic rings. The summed E-state index contributed by atoms with van der Waals surface area (Å²) in [7, 11) is 0. The lowest BCUT2D eigenvalue weighted by Gasteiger charge is -2.29. The molecule has 1 aromatic carbocycles. The second-order valence-corrected chi connectivity index (χ2v) is 5.98. The summed E-state index contributed by atoms with van der Waals surface area (Å²) in [4.78, 5) is 25.1. The van der Waals surface area contributed by atoms with Crippen LogP contribution in [0.25, 0.3) is 6.08 Å². The van der Waals surface area contributed by atoms with E-state index in [-0.39, 0.29) is 24.5 Å². The molecule has 0 bridgehead atoms. The van der Waals surface area contributed by atoms with Gasteiger partial charge in [0.15, 0.2) is 11.5 Å². The van der Waals surface area contributed by atoms with E-state index in [9.17, 15) is 9.59 Å². The number of primary amides is 1. The topological polar surface area (TPSA) is 81.9 Å². The van der Waals surface area contributed by atoms with E-state index >= 15 is 0 Å². The monoisotopic (exact) mass is 336 g/mol. The molecule has 0 aliphatic carbocycles. The van der Waals surface area contributed by atoms with Gasteiger partial charge in [-0.25, -0.2) is 0 Å². The molecule has 2 aliphatic rings. The van der Waals surface area contributed by atoms with Crippen molar-refractivity contribution in [1.29, 1.82) is 0 Å². The van der Waals surface area contributed by atoms with Crippen LogP contribution in [0.3, 0.4) is 0 Å². The van der Waals surface area contributed by atoms with E-state index in [1.165, 1.54) is 6.08 Å². The second-order valence-electron chi connectivity index (χ2n) is 5.57. The molecule has 2 N–H and O–H groups in total. The van der Waals surface area contributed by atoms with Crippen molar-refractivity contribution in [3.63, 3.8) is 0 Å². The Balaban J connectivity index is 1.63. The molecular formula is C16H17ClN2O4. The molecule has 1 saturated heterocycles. The lowest BCUT2D eigenvalue weighted by Crippen LogP contribution is -2.41. The minimum Gasteiger partial charge on any atom is -0.454 e. The van der Waals surface area contributed by atoms with Gasteiger partial charge < -0.3 is 20.1 Å². The third-order valence-electron chi connectivity index (χ3n) is 4.08. The maximum atomic E-state index is 12.2. The van der Waals surface area contributed by atoms with E-state index in [0.717, 1.165) is 5.56 Å². The van der Waals surface area contributed by atoms with E-state index in [0.29, 0.717) is 42.5 Å². The van der Waals surface area contributed by atoms with Crippen LogP contribution < -0.4 is 15.2 Å². The number of hydrogen-bond donors (Lipinski definition) is 1. The summed E-state index contributed by atoms with van der Waals surface area (Å²) in [6.07, 6.45) is 4.42. The van der Waals surface area contributed by atoms with Gasteiger partial charge in [0.25, 0.3) is 0 Å². The summed E-state index contributed by atoms with van der Waals surface area (Å²) in [6, 6.07) is 3.50. The zero-order valence-electron chi connectivity index (χ0n) is 12.5. The number of nitrogens with two attached hydrogens (primary N) is 1. The maximum Gasteiger partial charge on any atom is 0.246 e. The number of nitrogens with zero attached hydrogens (tertiary/aromatic N) is 1. The highest BCUT2D eigenvalue weighted by Gasteiger charge is 2.25. The van der Waals surface area contributed by atoms with Crippen LogP contribution in [0.1, 0.15) is 18.4 Å². The number of likely N-dealkylation sites (tertiary alicyclic amines) is 1. The molecule has 0 saturated carbocycles. The number of carbonyl (C=O) groups is 2. The van der Waals surface area contributed by atoms with Crippen molar-refractivity contribution < 1.29 is 19.1 Å². The van der Waals surface area contributed by atoms with E-state index in [2.05, 4.69) is 0 Å². The Hall–Kier alpha value is -2.21. The van der Waals surface area contributed by atoms with E-state index < -0.39 is 0 Å². The van der Waals surface area contributed by atoms with Crippen molar-refractivity contribution in [2.24, 2.45) is 11.7 Å². The molecule has 0 aromatic heterocycles. The zero-order valence-corrected chi connectivity index (χ0v) is 13.2. The minimum atomic E-state index is -0.289. The molecule has 2 aliphatic heterocycles. The normalized spacial score (nSPS) is 17.7. The SMILES string of the molecule is NC(=O)C1CCN(C(=O)C=Cc2cc(Cl)c3c(c2)OCO3)CC1. The number of piperidine rings is 1. The molecule has 6 nitrogen and oxygen atoms in total. The van der Waals surface area contributed by atoms with Crippen LogP contribution in [0.15, 0.2) is 18.2 Å². The summed E-state index contributed by atoms with van der Waals surface area (Å²) in [5, 5.41) is 0.453. The van der Waals surface area contributed by atoms with Gasteiger partial charge in [-0.2, -0.15) is 0 Å². The average molecular weight is 337 g/mol. The van der Waals surface area contributed by atoms with Gasteiger partial charge in [0.1, 0.15) is 0 Å². The van der Waals surface area contributed by atoms with E-state index in [1.54, 1.807) is 23.1 Å². The number of halogens is 1. The van der Waals surface area contributed by atoms with Crippen molar-refractivity contribution in [2.75, 3.05) is 19.9 Å². The Morgan fingerprint density at radius 2 is 2.00 bits per heavy atom. The quantitative estimate of drug-likeness (QED) is 0.853. The second kappa shape index (κ2) is 6.50. The molecule has 2 amide bonds. The average Bonchev–Trinajstić information content (AvgIpc) is 3.02. The van der Waals surface area contributed by atoms with Crippen LogP contribution in [-0.2, 0) is 9.59 Å². The number of benzene rings is 1. The third-order valence-corrected chi connectivity index (χ3v) is 4.36. The van der Waals surface area contributed by atoms with Crippen molar-refractivity contribution >= 4 is 29.5 Å². The molecule has 122 valence electrons. The molecule has 7 heteroatoms. The smallest absolute Gasteiger partial charge is 0.246 e. The van der Waals surface area contributed by atoms with Crippen LogP contribution in [0.2, 0.25) is 5.02 Å². The summed E-state index contributed by atoms with van der Waals surface area (Å²) < 4.78 is 10.5. The van der Waals surface area contributed by atoms with Crippen molar-refractivity contribution in [3.8, 4) is 11.5 Å². The van der Waals surface area contributed by atoms with Crippen LogP contribution in [-0.4, -0.2) is 36.6 Å². The largest absolute Gasteiger partial charge is 0.454 e. The summed E-state index contributed by atoms with van der Waals surface area (Å²) in [5.41, 5.74) is 6.05. The standard InChI is InChI=1S/C16H17ClN2O4/c17-12-7-10(8-13-15(12)23-9-22-13)1-2-14(20)19-5-3-11(4-6-19)16(18)21/h1-2,7-8,11H,3-6,9H2,(H2,18,21). The number of carbonyl (C=O) groups excluding carboxylic acids is 2. The lowest BCUT2D eigenvalue weighted by atomic mass is 9.96. The van der Waals surface area contributed by atoms with Crippen molar-refractivity contribution in [2.45, 2.75) is 12.8 Å². The van der Waals surface area contributed by atoms with Crippen molar-refractivity contribution in [1.82, 2.24) is 4.90 Å². The fraction of sp³-hybridized carbons (Fsp3) is 0.375. The van der Waals surface area contributed by atoms with E-state index in [4.69, 9.17) is 26.8 Å². The van der Waals surface area contributed by atoms with Crippen LogP contribution in [0.5, 0.6) is 11.5 Å². The Morgan fingerprint density at radius 1 is 1.26 bits per heavy atom. The van der Waals surface area contributed by atoms with Gasteiger partial charge in [0.05, 0.1) is 5.02 Å². The molecule has 0 unspecified atom stereocenters. The van der Waals surface area contributed by atoms with Gasteiger partial charge in [-0.15, -0.1) is 0 Å². The molecule has 0 atom stereocenters. The molecule has 0 spiro atoms. The predicted molar refractivity (Wildman–Crippen MR) is 85.1 cm³/mol. The highest BCUT2D eigenvalue weighted by molar-refractivity contribution is 6.32. The molecular weight excluding hydrogens is 320 g/mol. The first kappa shape index (κ1) is 15.7. The molecule has 3 rings (SSSR count). The number of ether oxygens (including phenoxy) is 2. The van der Waals surface area contributed by atoms with Crippen LogP contribution in [0.4, 0.5) is 0 Å². The zero-order chi connectivity index (χ0) is 16.4. The Kier molecular flexibility index (Phi) is 4.43. The summed E-state index contributed by atoms with van der Waals surface area (Å²) in [6.45, 7) is 1.23. The van der Waals surface area contributed by atoms with Gasteiger partial charge >= 0.3 is 0 Å². The Morgan fingerprint density at radius 3 is 2.70 bits per heavy atom. The van der Waals surface area contributed by atoms with Gasteiger partial charge in [-0.3, -0.25) is 9.59 Å². The number of fused-ring (bicyclic) bond motifs is 1. The minimum absolute atomic E-state index is 0.0956. The summed E-state index contributed by atoms with van der Waals surface area (Å²) in [5.74, 6) is 0.593. The first-order chi connectivity index (χ1) is 11.0. The highest BCUT2D eigenvalue weighted by Crippen LogP contribution is 2.40. The molecule has 2 heterocycles. The van der Waals surface area contributed by atoms with Gasteiger partial charge in [-0.1, -0.05) is 11.6 Å². The van der Waals surface area contributed by atoms with Gasteiger partial charge in [0.2, 0.25) is 18.6 Å². The Bertz CT molecular complexity index is 666. The number of hydrogen-bond acceptors (Lipinski definition) is 4. The Labute approximate surface area is 138 Å².